The standard InChI is InChI=1S/C21H17FN4O/c22-16-10-8-15(9-11-16)13-23-21(27)25-18-6-2-1-5-17(18)19-14-26-12-4-3-7-20(26)24-19/h1-12,14H,13H2,(H2,23,25,27). The van der Waals surface area contributed by atoms with E-state index in [9.17, 15) is 9.18 Å². The van der Waals surface area contributed by atoms with Crippen LogP contribution in [0.15, 0.2) is 79.1 Å². The zero-order valence-electron chi connectivity index (χ0n) is 14.4. The molecule has 2 N–H and O–H groups in total. The summed E-state index contributed by atoms with van der Waals surface area (Å²) < 4.78 is 14.9. The highest BCUT2D eigenvalue weighted by Gasteiger charge is 2.11. The summed E-state index contributed by atoms with van der Waals surface area (Å²) in [7, 11) is 0. The third-order valence-corrected chi connectivity index (χ3v) is 4.18. The Labute approximate surface area is 155 Å². The van der Waals surface area contributed by atoms with Crippen LogP contribution in [0.4, 0.5) is 14.9 Å². The number of hydrogen-bond donors (Lipinski definition) is 2. The molecule has 0 bridgehead atoms. The molecule has 0 atom stereocenters. The monoisotopic (exact) mass is 360 g/mol. The lowest BCUT2D eigenvalue weighted by Gasteiger charge is -2.11. The molecule has 27 heavy (non-hydrogen) atoms. The highest BCUT2D eigenvalue weighted by Crippen LogP contribution is 2.27. The maximum atomic E-state index is 12.9. The van der Waals surface area contributed by atoms with Crippen molar-refractivity contribution in [2.24, 2.45) is 0 Å². The van der Waals surface area contributed by atoms with Gasteiger partial charge in [-0.05, 0) is 35.9 Å². The minimum Gasteiger partial charge on any atom is -0.334 e. The number of anilines is 1. The second-order valence-corrected chi connectivity index (χ2v) is 6.07. The number of carbonyl (C=O) groups excluding carboxylic acids is 1. The summed E-state index contributed by atoms with van der Waals surface area (Å²) >= 11 is 0. The molecule has 4 rings (SSSR count). The zero-order valence-corrected chi connectivity index (χ0v) is 14.4. The minimum atomic E-state index is -0.337. The van der Waals surface area contributed by atoms with Gasteiger partial charge >= 0.3 is 6.03 Å². The van der Waals surface area contributed by atoms with Gasteiger partial charge in [0.05, 0.1) is 11.4 Å². The van der Waals surface area contributed by atoms with Gasteiger partial charge in [0.1, 0.15) is 11.5 Å². The van der Waals surface area contributed by atoms with Gasteiger partial charge in [0.25, 0.3) is 0 Å². The van der Waals surface area contributed by atoms with Gasteiger partial charge in [0, 0.05) is 24.5 Å². The fourth-order valence-corrected chi connectivity index (χ4v) is 2.83. The number of imidazole rings is 1. The van der Waals surface area contributed by atoms with E-state index in [0.29, 0.717) is 12.2 Å². The summed E-state index contributed by atoms with van der Waals surface area (Å²) in [5.41, 5.74) is 3.93. The number of urea groups is 1. The number of carbonyl (C=O) groups is 1. The number of fused-ring (bicyclic) bond motifs is 1. The average molecular weight is 360 g/mol. The van der Waals surface area contributed by atoms with Crippen molar-refractivity contribution >= 4 is 17.4 Å². The van der Waals surface area contributed by atoms with E-state index >= 15 is 0 Å². The number of para-hydroxylation sites is 1. The SMILES string of the molecule is O=C(NCc1ccc(F)cc1)Nc1ccccc1-c1cn2ccccc2n1. The van der Waals surface area contributed by atoms with E-state index in [2.05, 4.69) is 15.6 Å². The number of pyridine rings is 1. The van der Waals surface area contributed by atoms with Crippen molar-refractivity contribution in [3.8, 4) is 11.3 Å². The summed E-state index contributed by atoms with van der Waals surface area (Å²) in [5, 5.41) is 5.64. The number of hydrogen-bond acceptors (Lipinski definition) is 2. The van der Waals surface area contributed by atoms with Crippen molar-refractivity contribution in [3.05, 3.63) is 90.5 Å². The lowest BCUT2D eigenvalue weighted by molar-refractivity contribution is 0.252. The van der Waals surface area contributed by atoms with Crippen LogP contribution in [0.1, 0.15) is 5.56 Å². The lowest BCUT2D eigenvalue weighted by Crippen LogP contribution is -2.28. The second kappa shape index (κ2) is 7.29. The second-order valence-electron chi connectivity index (χ2n) is 6.07. The molecule has 2 amide bonds. The van der Waals surface area contributed by atoms with Crippen LogP contribution in [-0.2, 0) is 6.54 Å². The Bertz CT molecular complexity index is 1060. The Kier molecular flexibility index (Phi) is 4.53. The van der Waals surface area contributed by atoms with Gasteiger partial charge in [0.2, 0.25) is 0 Å². The van der Waals surface area contributed by atoms with Crippen LogP contribution >= 0.6 is 0 Å². The highest BCUT2D eigenvalue weighted by molar-refractivity contribution is 5.94. The normalized spacial score (nSPS) is 10.7. The molecular formula is C21H17FN4O. The van der Waals surface area contributed by atoms with Crippen LogP contribution in [0, 0.1) is 5.82 Å². The van der Waals surface area contributed by atoms with Gasteiger partial charge in [-0.2, -0.15) is 0 Å². The summed E-state index contributed by atoms with van der Waals surface area (Å²) in [4.78, 5) is 16.9. The van der Waals surface area contributed by atoms with Gasteiger partial charge < -0.3 is 15.0 Å². The molecule has 0 fully saturated rings. The molecule has 6 heteroatoms. The maximum absolute atomic E-state index is 12.9. The summed E-state index contributed by atoms with van der Waals surface area (Å²) in [6.45, 7) is 0.308. The van der Waals surface area contributed by atoms with Crippen molar-refractivity contribution in [1.29, 1.82) is 0 Å². The number of aromatic nitrogens is 2. The van der Waals surface area contributed by atoms with Crippen molar-refractivity contribution in [3.63, 3.8) is 0 Å². The van der Waals surface area contributed by atoms with E-state index in [1.807, 2.05) is 59.3 Å². The van der Waals surface area contributed by atoms with Crippen molar-refractivity contribution < 1.29 is 9.18 Å². The number of halogens is 1. The van der Waals surface area contributed by atoms with E-state index in [0.717, 1.165) is 22.5 Å². The molecule has 0 aliphatic carbocycles. The molecule has 2 aromatic heterocycles. The van der Waals surface area contributed by atoms with E-state index < -0.39 is 0 Å². The number of rotatable bonds is 4. The first-order valence-electron chi connectivity index (χ1n) is 8.51. The largest absolute Gasteiger partial charge is 0.334 e. The zero-order chi connectivity index (χ0) is 18.6. The Morgan fingerprint density at radius 2 is 1.78 bits per heavy atom. The first-order chi connectivity index (χ1) is 13.2. The van der Waals surface area contributed by atoms with E-state index in [4.69, 9.17) is 0 Å². The molecule has 0 radical (unpaired) electrons. The Morgan fingerprint density at radius 1 is 1.00 bits per heavy atom. The average Bonchev–Trinajstić information content (AvgIpc) is 3.12. The molecule has 134 valence electrons. The molecule has 4 aromatic rings. The van der Waals surface area contributed by atoms with Crippen LogP contribution in [0.3, 0.4) is 0 Å². The maximum Gasteiger partial charge on any atom is 0.319 e. The molecule has 0 saturated carbocycles. The summed E-state index contributed by atoms with van der Waals surface area (Å²) in [6, 6.07) is 19.0. The third-order valence-electron chi connectivity index (χ3n) is 4.18. The Morgan fingerprint density at radius 3 is 2.59 bits per heavy atom. The van der Waals surface area contributed by atoms with Gasteiger partial charge in [-0.1, -0.05) is 36.4 Å². The fourth-order valence-electron chi connectivity index (χ4n) is 2.83. The quantitative estimate of drug-likeness (QED) is 0.564. The van der Waals surface area contributed by atoms with Crippen molar-refractivity contribution in [2.75, 3.05) is 5.32 Å². The van der Waals surface area contributed by atoms with Crippen LogP contribution in [-0.4, -0.2) is 15.4 Å². The van der Waals surface area contributed by atoms with Gasteiger partial charge in [-0.3, -0.25) is 0 Å². The van der Waals surface area contributed by atoms with Gasteiger partial charge in [-0.15, -0.1) is 0 Å². The van der Waals surface area contributed by atoms with Crippen LogP contribution < -0.4 is 10.6 Å². The Balaban J connectivity index is 1.50. The highest BCUT2D eigenvalue weighted by atomic mass is 19.1. The fraction of sp³-hybridized carbons (Fsp3) is 0.0476. The first kappa shape index (κ1) is 16.8. The lowest BCUT2D eigenvalue weighted by atomic mass is 10.1. The van der Waals surface area contributed by atoms with E-state index in [-0.39, 0.29) is 11.8 Å². The third kappa shape index (κ3) is 3.79. The molecule has 0 aliphatic heterocycles. The number of amides is 2. The number of nitrogens with one attached hydrogen (secondary N) is 2. The predicted octanol–water partition coefficient (Wildman–Crippen LogP) is 4.46. The molecule has 5 nitrogen and oxygen atoms in total. The van der Waals surface area contributed by atoms with E-state index in [1.165, 1.54) is 12.1 Å². The molecule has 2 heterocycles. The van der Waals surface area contributed by atoms with E-state index in [1.54, 1.807) is 12.1 Å². The molecule has 0 unspecified atom stereocenters. The first-order valence-corrected chi connectivity index (χ1v) is 8.51. The van der Waals surface area contributed by atoms with Crippen LogP contribution in [0.5, 0.6) is 0 Å². The number of benzene rings is 2. The topological polar surface area (TPSA) is 58.4 Å². The van der Waals surface area contributed by atoms with Gasteiger partial charge in [0.15, 0.2) is 0 Å². The molecule has 0 saturated heterocycles. The number of nitrogens with zero attached hydrogens (tertiary/aromatic N) is 2. The Hall–Kier alpha value is -3.67. The van der Waals surface area contributed by atoms with Gasteiger partial charge in [-0.25, -0.2) is 14.2 Å². The van der Waals surface area contributed by atoms with Crippen molar-refractivity contribution in [2.45, 2.75) is 6.54 Å². The summed E-state index contributed by atoms with van der Waals surface area (Å²) in [5.74, 6) is -0.301. The minimum absolute atomic E-state index is 0.301. The molecule has 0 spiro atoms. The molecular weight excluding hydrogens is 343 g/mol. The summed E-state index contributed by atoms with van der Waals surface area (Å²) in [6.07, 6.45) is 3.85. The predicted molar refractivity (Wildman–Crippen MR) is 103 cm³/mol. The molecule has 2 aromatic carbocycles. The van der Waals surface area contributed by atoms with Crippen molar-refractivity contribution in [1.82, 2.24) is 14.7 Å². The van der Waals surface area contributed by atoms with Crippen LogP contribution in [0.2, 0.25) is 0 Å². The van der Waals surface area contributed by atoms with Crippen LogP contribution in [0.25, 0.3) is 16.9 Å². The molecule has 0 aliphatic rings. The smallest absolute Gasteiger partial charge is 0.319 e.